The van der Waals surface area contributed by atoms with Gasteiger partial charge in [0.2, 0.25) is 0 Å². The Kier molecular flexibility index (Phi) is 8.65. The lowest BCUT2D eigenvalue weighted by molar-refractivity contribution is -0.140. The van der Waals surface area contributed by atoms with Crippen LogP contribution in [0.4, 0.5) is 0 Å². The van der Waals surface area contributed by atoms with E-state index in [0.717, 1.165) is 11.1 Å². The third-order valence-corrected chi connectivity index (χ3v) is 2.07. The van der Waals surface area contributed by atoms with Gasteiger partial charge in [0, 0.05) is 12.6 Å². The van der Waals surface area contributed by atoms with Crippen LogP contribution in [-0.4, -0.2) is 25.8 Å². The molecule has 0 saturated heterocycles. The summed E-state index contributed by atoms with van der Waals surface area (Å²) in [6.45, 7) is 8.37. The summed E-state index contributed by atoms with van der Waals surface area (Å²) < 4.78 is 4.55. The highest BCUT2D eigenvalue weighted by molar-refractivity contribution is 5.78. The van der Waals surface area contributed by atoms with Crippen LogP contribution in [0.15, 0.2) is 40.9 Å². The molecule has 94 valence electrons. The standard InChI is InChI=1S/C14H21NO2/c1-5-6-7-12(2)10-15-11-13(3)8-9-14(16)17-4/h5-7,10H,3,8-9,11H2,1-2,4H3. The molecule has 0 aromatic carbocycles. The van der Waals surface area contributed by atoms with Crippen molar-refractivity contribution in [2.45, 2.75) is 26.7 Å². The summed E-state index contributed by atoms with van der Waals surface area (Å²) in [7, 11) is 1.39. The van der Waals surface area contributed by atoms with Gasteiger partial charge in [-0.15, -0.1) is 0 Å². The third kappa shape index (κ3) is 9.30. The van der Waals surface area contributed by atoms with Crippen LogP contribution in [0.1, 0.15) is 26.7 Å². The average Bonchev–Trinajstić information content (AvgIpc) is 2.33. The molecule has 0 heterocycles. The number of rotatable bonds is 7. The van der Waals surface area contributed by atoms with Crippen LogP contribution < -0.4 is 0 Å². The number of aliphatic imine (C=N–C) groups is 1. The largest absolute Gasteiger partial charge is 0.469 e. The molecule has 0 bridgehead atoms. The molecule has 0 rings (SSSR count). The Morgan fingerprint density at radius 3 is 2.71 bits per heavy atom. The maximum absolute atomic E-state index is 10.9. The second-order valence-electron chi connectivity index (χ2n) is 3.73. The number of esters is 1. The van der Waals surface area contributed by atoms with Crippen molar-refractivity contribution in [1.29, 1.82) is 0 Å². The van der Waals surface area contributed by atoms with E-state index < -0.39 is 0 Å². The van der Waals surface area contributed by atoms with E-state index in [0.29, 0.717) is 19.4 Å². The number of allylic oxidation sites excluding steroid dienone is 4. The number of hydrogen-bond acceptors (Lipinski definition) is 3. The first-order chi connectivity index (χ1) is 8.10. The van der Waals surface area contributed by atoms with Gasteiger partial charge in [-0.2, -0.15) is 0 Å². The van der Waals surface area contributed by atoms with Gasteiger partial charge in [-0.25, -0.2) is 0 Å². The second-order valence-corrected chi connectivity index (χ2v) is 3.73. The third-order valence-electron chi connectivity index (χ3n) is 2.07. The molecule has 0 spiro atoms. The molecule has 0 aromatic rings. The molecule has 17 heavy (non-hydrogen) atoms. The maximum Gasteiger partial charge on any atom is 0.305 e. The molecular weight excluding hydrogens is 214 g/mol. The van der Waals surface area contributed by atoms with E-state index in [9.17, 15) is 4.79 Å². The number of hydrogen-bond donors (Lipinski definition) is 0. The lowest BCUT2D eigenvalue weighted by Crippen LogP contribution is -2.01. The molecule has 0 N–H and O–H groups in total. The van der Waals surface area contributed by atoms with Crippen LogP contribution in [0.2, 0.25) is 0 Å². The molecule has 3 nitrogen and oxygen atoms in total. The molecule has 0 atom stereocenters. The van der Waals surface area contributed by atoms with Gasteiger partial charge >= 0.3 is 5.97 Å². The summed E-state index contributed by atoms with van der Waals surface area (Å²) in [5, 5.41) is 0. The van der Waals surface area contributed by atoms with E-state index in [1.807, 2.05) is 38.3 Å². The molecule has 0 aliphatic rings. The zero-order valence-corrected chi connectivity index (χ0v) is 10.9. The molecule has 0 unspecified atom stereocenters. The van der Waals surface area contributed by atoms with Gasteiger partial charge in [-0.1, -0.05) is 30.4 Å². The van der Waals surface area contributed by atoms with Crippen molar-refractivity contribution in [2.24, 2.45) is 4.99 Å². The first kappa shape index (κ1) is 15.4. The molecule has 0 aliphatic carbocycles. The summed E-state index contributed by atoms with van der Waals surface area (Å²) in [4.78, 5) is 15.1. The number of ether oxygens (including phenoxy) is 1. The molecule has 3 heteroatoms. The van der Waals surface area contributed by atoms with E-state index in [1.165, 1.54) is 7.11 Å². The fourth-order valence-electron chi connectivity index (χ4n) is 1.07. The Labute approximate surface area is 104 Å². The number of carbonyl (C=O) groups excluding carboxylic acids is 1. The molecule has 0 aromatic heterocycles. The van der Waals surface area contributed by atoms with E-state index in [2.05, 4.69) is 16.3 Å². The zero-order chi connectivity index (χ0) is 13.1. The summed E-state index contributed by atoms with van der Waals surface area (Å²) >= 11 is 0. The van der Waals surface area contributed by atoms with Crippen molar-refractivity contribution in [1.82, 2.24) is 0 Å². The van der Waals surface area contributed by atoms with Crippen LogP contribution in [-0.2, 0) is 9.53 Å². The Balaban J connectivity index is 3.91. The predicted molar refractivity (Wildman–Crippen MR) is 72.3 cm³/mol. The lowest BCUT2D eigenvalue weighted by atomic mass is 10.1. The van der Waals surface area contributed by atoms with Gasteiger partial charge in [0.1, 0.15) is 0 Å². The first-order valence-corrected chi connectivity index (χ1v) is 5.63. The van der Waals surface area contributed by atoms with Crippen molar-refractivity contribution >= 4 is 12.2 Å². The molecule has 0 amide bonds. The zero-order valence-electron chi connectivity index (χ0n) is 10.9. The Morgan fingerprint density at radius 2 is 2.12 bits per heavy atom. The summed E-state index contributed by atoms with van der Waals surface area (Å²) in [5.74, 6) is -0.209. The monoisotopic (exact) mass is 235 g/mol. The van der Waals surface area contributed by atoms with Gasteiger partial charge in [0.15, 0.2) is 0 Å². The van der Waals surface area contributed by atoms with Gasteiger partial charge in [0.05, 0.1) is 13.7 Å². The van der Waals surface area contributed by atoms with Crippen LogP contribution in [0.3, 0.4) is 0 Å². The maximum atomic E-state index is 10.9. The highest BCUT2D eigenvalue weighted by atomic mass is 16.5. The quantitative estimate of drug-likeness (QED) is 0.294. The summed E-state index contributed by atoms with van der Waals surface area (Å²) in [6.07, 6.45) is 8.73. The van der Waals surface area contributed by atoms with E-state index in [-0.39, 0.29) is 5.97 Å². The minimum atomic E-state index is -0.209. The lowest BCUT2D eigenvalue weighted by Gasteiger charge is -2.01. The van der Waals surface area contributed by atoms with E-state index >= 15 is 0 Å². The normalized spacial score (nSPS) is 12.3. The predicted octanol–water partition coefficient (Wildman–Crippen LogP) is 3.09. The highest BCUT2D eigenvalue weighted by Crippen LogP contribution is 2.03. The van der Waals surface area contributed by atoms with E-state index in [1.54, 1.807) is 0 Å². The summed E-state index contributed by atoms with van der Waals surface area (Å²) in [5.41, 5.74) is 2.02. The van der Waals surface area contributed by atoms with Crippen LogP contribution >= 0.6 is 0 Å². The fraction of sp³-hybridized carbons (Fsp3) is 0.429. The molecule has 0 fully saturated rings. The fourth-order valence-corrected chi connectivity index (χ4v) is 1.07. The first-order valence-electron chi connectivity index (χ1n) is 5.63. The van der Waals surface area contributed by atoms with Crippen molar-refractivity contribution in [2.75, 3.05) is 13.7 Å². The van der Waals surface area contributed by atoms with Crippen molar-refractivity contribution < 1.29 is 9.53 Å². The van der Waals surface area contributed by atoms with Crippen LogP contribution in [0, 0.1) is 0 Å². The second kappa shape index (κ2) is 9.58. The Morgan fingerprint density at radius 1 is 1.41 bits per heavy atom. The van der Waals surface area contributed by atoms with Gasteiger partial charge < -0.3 is 4.74 Å². The van der Waals surface area contributed by atoms with Crippen LogP contribution in [0.5, 0.6) is 0 Å². The average molecular weight is 235 g/mol. The van der Waals surface area contributed by atoms with Crippen molar-refractivity contribution in [3.63, 3.8) is 0 Å². The Hall–Kier alpha value is -1.64. The SMILES string of the molecule is C=C(CCC(=O)OC)CN=CC(C)=CC=CC. The molecule has 0 aliphatic heterocycles. The van der Waals surface area contributed by atoms with Crippen molar-refractivity contribution in [3.05, 3.63) is 36.0 Å². The molecule has 0 radical (unpaired) electrons. The number of methoxy groups -OCH3 is 1. The molecular formula is C14H21NO2. The van der Waals surface area contributed by atoms with Gasteiger partial charge in [-0.3, -0.25) is 9.79 Å². The smallest absolute Gasteiger partial charge is 0.305 e. The minimum Gasteiger partial charge on any atom is -0.469 e. The van der Waals surface area contributed by atoms with Gasteiger partial charge in [0.25, 0.3) is 0 Å². The molecule has 0 saturated carbocycles. The van der Waals surface area contributed by atoms with E-state index in [4.69, 9.17) is 0 Å². The highest BCUT2D eigenvalue weighted by Gasteiger charge is 2.00. The minimum absolute atomic E-state index is 0.209. The van der Waals surface area contributed by atoms with Crippen molar-refractivity contribution in [3.8, 4) is 0 Å². The topological polar surface area (TPSA) is 38.7 Å². The Bertz CT molecular complexity index is 338. The summed E-state index contributed by atoms with van der Waals surface area (Å²) in [6, 6.07) is 0. The number of carbonyl (C=O) groups is 1. The van der Waals surface area contributed by atoms with Crippen LogP contribution in [0.25, 0.3) is 0 Å². The van der Waals surface area contributed by atoms with Gasteiger partial charge in [-0.05, 0) is 25.8 Å². The number of nitrogens with zero attached hydrogens (tertiary/aromatic N) is 1.